The normalized spacial score (nSPS) is 17.9. The number of carboxylic acids is 1. The Hall–Kier alpha value is -1.06. The molecule has 0 radical (unpaired) electrons. The zero-order valence-electron chi connectivity index (χ0n) is 11.4. The molecule has 0 aliphatic heterocycles. The topological polar surface area (TPSA) is 66.4 Å². The molecule has 2 N–H and O–H groups in total. The summed E-state index contributed by atoms with van der Waals surface area (Å²) in [4.78, 5) is 22.5. The van der Waals surface area contributed by atoms with Crippen molar-refractivity contribution in [2.24, 2.45) is 11.8 Å². The molecule has 4 heteroatoms. The molecule has 0 bridgehead atoms. The second kappa shape index (κ2) is 7.39. The lowest BCUT2D eigenvalue weighted by Crippen LogP contribution is -2.40. The third-order valence-corrected chi connectivity index (χ3v) is 3.80. The van der Waals surface area contributed by atoms with E-state index in [2.05, 4.69) is 5.32 Å². The number of hydrogen-bond donors (Lipinski definition) is 2. The van der Waals surface area contributed by atoms with E-state index in [1.807, 2.05) is 13.8 Å². The molecule has 0 saturated heterocycles. The van der Waals surface area contributed by atoms with Crippen molar-refractivity contribution >= 4 is 11.9 Å². The molecule has 0 aromatic rings. The van der Waals surface area contributed by atoms with Gasteiger partial charge in [-0.25, -0.2) is 0 Å². The van der Waals surface area contributed by atoms with Crippen LogP contribution in [0, 0.1) is 11.8 Å². The highest BCUT2D eigenvalue weighted by Gasteiger charge is 2.21. The summed E-state index contributed by atoms with van der Waals surface area (Å²) in [5.41, 5.74) is 0. The van der Waals surface area contributed by atoms with E-state index in [0.717, 1.165) is 6.42 Å². The summed E-state index contributed by atoms with van der Waals surface area (Å²) >= 11 is 0. The minimum Gasteiger partial charge on any atom is -0.481 e. The Morgan fingerprint density at radius 2 is 1.89 bits per heavy atom. The highest BCUT2D eigenvalue weighted by Crippen LogP contribution is 2.28. The number of carbonyl (C=O) groups is 2. The molecule has 1 atom stereocenters. The van der Waals surface area contributed by atoms with Crippen LogP contribution in [-0.4, -0.2) is 23.0 Å². The molecule has 1 aliphatic rings. The summed E-state index contributed by atoms with van der Waals surface area (Å²) in [5, 5.41) is 11.6. The highest BCUT2D eigenvalue weighted by atomic mass is 16.4. The number of carboxylic acid groups (broad SMARTS) is 1. The SMILES string of the molecule is CC(C)C(CC(=O)O)NC(=O)CCC1CCCC1. The van der Waals surface area contributed by atoms with Crippen LogP contribution in [0.5, 0.6) is 0 Å². The summed E-state index contributed by atoms with van der Waals surface area (Å²) < 4.78 is 0. The van der Waals surface area contributed by atoms with Gasteiger partial charge in [0.05, 0.1) is 6.42 Å². The van der Waals surface area contributed by atoms with Crippen LogP contribution in [0.4, 0.5) is 0 Å². The van der Waals surface area contributed by atoms with E-state index in [1.165, 1.54) is 25.7 Å². The van der Waals surface area contributed by atoms with Gasteiger partial charge in [0.1, 0.15) is 0 Å². The van der Waals surface area contributed by atoms with Crippen molar-refractivity contribution < 1.29 is 14.7 Å². The number of hydrogen-bond acceptors (Lipinski definition) is 2. The molecule has 1 aliphatic carbocycles. The molecule has 1 fully saturated rings. The van der Waals surface area contributed by atoms with Gasteiger partial charge < -0.3 is 10.4 Å². The lowest BCUT2D eigenvalue weighted by molar-refractivity contribution is -0.138. The summed E-state index contributed by atoms with van der Waals surface area (Å²) in [5.74, 6) is -0.00380. The summed E-state index contributed by atoms with van der Waals surface area (Å²) in [6.07, 6.45) is 6.57. The summed E-state index contributed by atoms with van der Waals surface area (Å²) in [6, 6.07) is -0.251. The molecule has 1 unspecified atom stereocenters. The molecule has 104 valence electrons. The van der Waals surface area contributed by atoms with Crippen LogP contribution < -0.4 is 5.32 Å². The van der Waals surface area contributed by atoms with Gasteiger partial charge in [-0.15, -0.1) is 0 Å². The van der Waals surface area contributed by atoms with Crippen LogP contribution in [0.1, 0.15) is 58.8 Å². The van der Waals surface area contributed by atoms with Crippen molar-refractivity contribution in [3.63, 3.8) is 0 Å². The lowest BCUT2D eigenvalue weighted by Gasteiger charge is -2.21. The van der Waals surface area contributed by atoms with E-state index in [9.17, 15) is 9.59 Å². The van der Waals surface area contributed by atoms with Gasteiger partial charge in [0.2, 0.25) is 5.91 Å². The summed E-state index contributed by atoms with van der Waals surface area (Å²) in [7, 11) is 0. The quantitative estimate of drug-likeness (QED) is 0.734. The van der Waals surface area contributed by atoms with E-state index in [4.69, 9.17) is 5.11 Å². The largest absolute Gasteiger partial charge is 0.481 e. The first-order chi connectivity index (χ1) is 8.49. The van der Waals surface area contributed by atoms with Gasteiger partial charge in [0, 0.05) is 12.5 Å². The molecule has 4 nitrogen and oxygen atoms in total. The smallest absolute Gasteiger partial charge is 0.305 e. The van der Waals surface area contributed by atoms with E-state index >= 15 is 0 Å². The van der Waals surface area contributed by atoms with Gasteiger partial charge in [-0.05, 0) is 18.3 Å². The van der Waals surface area contributed by atoms with Crippen LogP contribution >= 0.6 is 0 Å². The minimum absolute atomic E-state index is 0.00171. The number of amides is 1. The Kier molecular flexibility index (Phi) is 6.16. The summed E-state index contributed by atoms with van der Waals surface area (Å²) in [6.45, 7) is 3.87. The van der Waals surface area contributed by atoms with Gasteiger partial charge in [-0.1, -0.05) is 39.5 Å². The van der Waals surface area contributed by atoms with Crippen LogP contribution in [0.2, 0.25) is 0 Å². The van der Waals surface area contributed by atoms with Gasteiger partial charge >= 0.3 is 5.97 Å². The van der Waals surface area contributed by atoms with Gasteiger partial charge in [-0.2, -0.15) is 0 Å². The first-order valence-electron chi connectivity index (χ1n) is 7.00. The maximum atomic E-state index is 11.8. The molecule has 0 spiro atoms. The van der Waals surface area contributed by atoms with Crippen molar-refractivity contribution in [2.75, 3.05) is 0 Å². The molecule has 1 amide bonds. The van der Waals surface area contributed by atoms with Gasteiger partial charge in [-0.3, -0.25) is 9.59 Å². The average Bonchev–Trinajstić information content (AvgIpc) is 2.77. The van der Waals surface area contributed by atoms with Crippen molar-refractivity contribution in [3.05, 3.63) is 0 Å². The van der Waals surface area contributed by atoms with E-state index < -0.39 is 5.97 Å². The standard InChI is InChI=1S/C14H25NO3/c1-10(2)12(9-14(17)18)15-13(16)8-7-11-5-3-4-6-11/h10-12H,3-9H2,1-2H3,(H,15,16)(H,17,18). The first-order valence-corrected chi connectivity index (χ1v) is 7.00. The monoisotopic (exact) mass is 255 g/mol. The molecule has 18 heavy (non-hydrogen) atoms. The zero-order valence-corrected chi connectivity index (χ0v) is 11.4. The van der Waals surface area contributed by atoms with Crippen molar-refractivity contribution in [1.82, 2.24) is 5.32 Å². The zero-order chi connectivity index (χ0) is 13.5. The number of carbonyl (C=O) groups excluding carboxylic acids is 1. The van der Waals surface area contributed by atoms with Crippen LogP contribution in [-0.2, 0) is 9.59 Å². The Bertz CT molecular complexity index is 283. The van der Waals surface area contributed by atoms with E-state index in [-0.39, 0.29) is 24.3 Å². The highest BCUT2D eigenvalue weighted by molar-refractivity contribution is 5.77. The van der Waals surface area contributed by atoms with Crippen molar-refractivity contribution in [3.8, 4) is 0 Å². The van der Waals surface area contributed by atoms with E-state index in [0.29, 0.717) is 12.3 Å². The molecule has 0 aromatic carbocycles. The fourth-order valence-electron chi connectivity index (χ4n) is 2.55. The molecular formula is C14H25NO3. The fourth-order valence-corrected chi connectivity index (χ4v) is 2.55. The van der Waals surface area contributed by atoms with Crippen molar-refractivity contribution in [2.45, 2.75) is 64.8 Å². The lowest BCUT2D eigenvalue weighted by atomic mass is 9.99. The minimum atomic E-state index is -0.857. The molecule has 1 rings (SSSR count). The van der Waals surface area contributed by atoms with Crippen LogP contribution in [0.25, 0.3) is 0 Å². The Labute approximate surface area is 109 Å². The third kappa shape index (κ3) is 5.52. The Morgan fingerprint density at radius 3 is 2.39 bits per heavy atom. The maximum absolute atomic E-state index is 11.8. The van der Waals surface area contributed by atoms with Gasteiger partial charge in [0.25, 0.3) is 0 Å². The molecular weight excluding hydrogens is 230 g/mol. The average molecular weight is 255 g/mol. The third-order valence-electron chi connectivity index (χ3n) is 3.80. The van der Waals surface area contributed by atoms with Crippen molar-refractivity contribution in [1.29, 1.82) is 0 Å². The molecule has 0 aromatic heterocycles. The second-order valence-corrected chi connectivity index (χ2v) is 5.71. The number of aliphatic carboxylic acids is 1. The number of nitrogens with one attached hydrogen (secondary N) is 1. The predicted octanol–water partition coefficient (Wildman–Crippen LogP) is 2.57. The predicted molar refractivity (Wildman–Crippen MR) is 70.2 cm³/mol. The molecule has 0 heterocycles. The van der Waals surface area contributed by atoms with Crippen LogP contribution in [0.15, 0.2) is 0 Å². The Balaban J connectivity index is 2.28. The van der Waals surface area contributed by atoms with E-state index in [1.54, 1.807) is 0 Å². The fraction of sp³-hybridized carbons (Fsp3) is 0.857. The van der Waals surface area contributed by atoms with Gasteiger partial charge in [0.15, 0.2) is 0 Å². The molecule has 1 saturated carbocycles. The van der Waals surface area contributed by atoms with Crippen LogP contribution in [0.3, 0.4) is 0 Å². The second-order valence-electron chi connectivity index (χ2n) is 5.71. The number of rotatable bonds is 7. The Morgan fingerprint density at radius 1 is 1.28 bits per heavy atom. The first kappa shape index (κ1) is 15.0. The maximum Gasteiger partial charge on any atom is 0.305 e.